The molecule has 0 radical (unpaired) electrons. The Hall–Kier alpha value is -3.06. The van der Waals surface area contributed by atoms with Gasteiger partial charge in [0.15, 0.2) is 0 Å². The Morgan fingerprint density at radius 3 is 2.56 bits per heavy atom. The zero-order chi connectivity index (χ0) is 19.2. The van der Waals surface area contributed by atoms with Crippen LogP contribution in [-0.2, 0) is 4.74 Å². The van der Waals surface area contributed by atoms with Gasteiger partial charge < -0.3 is 10.1 Å². The van der Waals surface area contributed by atoms with Gasteiger partial charge in [0.2, 0.25) is 0 Å². The Labute approximate surface area is 157 Å². The molecule has 3 rings (SSSR count). The maximum atomic E-state index is 11.8. The van der Waals surface area contributed by atoms with Crippen LogP contribution in [0.4, 0.5) is 11.4 Å². The second-order valence-corrected chi connectivity index (χ2v) is 6.37. The van der Waals surface area contributed by atoms with E-state index in [9.17, 15) is 14.9 Å². The van der Waals surface area contributed by atoms with E-state index in [0.717, 1.165) is 25.9 Å². The number of nitrogens with one attached hydrogen (secondary N) is 1. The fourth-order valence-electron chi connectivity index (χ4n) is 3.28. The predicted octanol–water partition coefficient (Wildman–Crippen LogP) is 3.60. The lowest BCUT2D eigenvalue weighted by Gasteiger charge is -2.22. The highest BCUT2D eigenvalue weighted by Crippen LogP contribution is 2.27. The van der Waals surface area contributed by atoms with E-state index in [-0.39, 0.29) is 16.8 Å². The summed E-state index contributed by atoms with van der Waals surface area (Å²) < 4.78 is 4.62. The van der Waals surface area contributed by atoms with Crippen LogP contribution in [0.15, 0.2) is 47.5 Å². The predicted molar refractivity (Wildman–Crippen MR) is 103 cm³/mol. The molecule has 7 heteroatoms. The molecule has 1 heterocycles. The van der Waals surface area contributed by atoms with Crippen LogP contribution >= 0.6 is 0 Å². The van der Waals surface area contributed by atoms with E-state index in [0.29, 0.717) is 11.6 Å². The Bertz CT molecular complexity index is 856. The maximum Gasteiger partial charge on any atom is 0.344 e. The molecule has 0 aromatic heterocycles. The number of rotatable bonds is 5. The van der Waals surface area contributed by atoms with Crippen LogP contribution in [0.2, 0.25) is 0 Å². The topological polar surface area (TPSA) is 93.8 Å². The van der Waals surface area contributed by atoms with E-state index >= 15 is 0 Å². The monoisotopic (exact) mass is 367 g/mol. The summed E-state index contributed by atoms with van der Waals surface area (Å²) in [7, 11) is 1.19. The number of esters is 1. The Morgan fingerprint density at radius 2 is 1.93 bits per heavy atom. The molecule has 2 aromatic rings. The molecule has 1 N–H and O–H groups in total. The summed E-state index contributed by atoms with van der Waals surface area (Å²) in [4.78, 5) is 27.0. The van der Waals surface area contributed by atoms with Gasteiger partial charge >= 0.3 is 5.97 Å². The maximum absolute atomic E-state index is 11.8. The van der Waals surface area contributed by atoms with E-state index in [2.05, 4.69) is 27.2 Å². The number of hydrogen-bond acceptors (Lipinski definition) is 6. The van der Waals surface area contributed by atoms with Gasteiger partial charge in [0.05, 0.1) is 23.3 Å². The third-order valence-corrected chi connectivity index (χ3v) is 4.71. The zero-order valence-corrected chi connectivity index (χ0v) is 15.1. The summed E-state index contributed by atoms with van der Waals surface area (Å²) in [6.45, 7) is 2.07. The van der Waals surface area contributed by atoms with Gasteiger partial charge in [-0.25, -0.2) is 4.79 Å². The molecule has 0 saturated carbocycles. The highest BCUT2D eigenvalue weighted by molar-refractivity contribution is 5.99. The fraction of sp³-hybridized carbons (Fsp3) is 0.300. The summed E-state index contributed by atoms with van der Waals surface area (Å²) in [6.07, 6.45) is 3.65. The smallest absolute Gasteiger partial charge is 0.344 e. The van der Waals surface area contributed by atoms with Gasteiger partial charge in [0.1, 0.15) is 5.56 Å². The highest BCUT2D eigenvalue weighted by atomic mass is 16.6. The van der Waals surface area contributed by atoms with Crippen molar-refractivity contribution in [3.8, 4) is 0 Å². The summed E-state index contributed by atoms with van der Waals surface area (Å²) in [6, 6.07) is 12.4. The van der Waals surface area contributed by atoms with E-state index < -0.39 is 10.9 Å². The van der Waals surface area contributed by atoms with E-state index in [1.807, 2.05) is 12.1 Å². The second kappa shape index (κ2) is 8.55. The van der Waals surface area contributed by atoms with Gasteiger partial charge in [-0.1, -0.05) is 18.2 Å². The number of nitro groups is 1. The number of hydrogen-bond donors (Lipinski definition) is 1. The van der Waals surface area contributed by atoms with Crippen molar-refractivity contribution in [3.05, 3.63) is 69.3 Å². The highest BCUT2D eigenvalue weighted by Gasteiger charge is 2.24. The molecule has 1 fully saturated rings. The Morgan fingerprint density at radius 1 is 1.22 bits per heavy atom. The number of carbonyl (C=O) groups is 1. The number of nitrogens with zero attached hydrogens (tertiary/aromatic N) is 2. The number of methoxy groups -OCH3 is 1. The minimum atomic E-state index is -0.747. The minimum absolute atomic E-state index is 0.0901. The molecule has 7 nitrogen and oxygen atoms in total. The van der Waals surface area contributed by atoms with Crippen LogP contribution in [0.5, 0.6) is 0 Å². The molecule has 1 aliphatic rings. The van der Waals surface area contributed by atoms with Crippen molar-refractivity contribution in [1.82, 2.24) is 5.32 Å². The third-order valence-electron chi connectivity index (χ3n) is 4.71. The van der Waals surface area contributed by atoms with Crippen molar-refractivity contribution >= 4 is 23.6 Å². The quantitative estimate of drug-likeness (QED) is 0.377. The number of nitro benzene ring substituents is 1. The first-order chi connectivity index (χ1) is 13.1. The molecule has 0 aliphatic carbocycles. The lowest BCUT2D eigenvalue weighted by Crippen LogP contribution is -2.26. The van der Waals surface area contributed by atoms with Crippen molar-refractivity contribution in [2.24, 2.45) is 4.99 Å². The second-order valence-electron chi connectivity index (χ2n) is 6.37. The summed E-state index contributed by atoms with van der Waals surface area (Å²) >= 11 is 0. The minimum Gasteiger partial charge on any atom is -0.465 e. The average Bonchev–Trinajstić information content (AvgIpc) is 2.72. The van der Waals surface area contributed by atoms with Crippen molar-refractivity contribution in [3.63, 3.8) is 0 Å². The molecule has 0 amide bonds. The summed E-state index contributed by atoms with van der Waals surface area (Å²) in [5, 5.41) is 14.8. The van der Waals surface area contributed by atoms with Crippen molar-refractivity contribution in [1.29, 1.82) is 0 Å². The van der Waals surface area contributed by atoms with Gasteiger partial charge in [-0.05, 0) is 61.7 Å². The summed E-state index contributed by atoms with van der Waals surface area (Å²) in [5.41, 5.74) is 1.84. The molecule has 1 aliphatic heterocycles. The normalized spacial score (nSPS) is 15.0. The first-order valence-corrected chi connectivity index (χ1v) is 8.80. The van der Waals surface area contributed by atoms with Crippen LogP contribution in [0.1, 0.15) is 40.2 Å². The van der Waals surface area contributed by atoms with Gasteiger partial charge in [0.25, 0.3) is 5.69 Å². The molecule has 0 atom stereocenters. The van der Waals surface area contributed by atoms with Crippen molar-refractivity contribution in [2.75, 3.05) is 20.2 Å². The average molecular weight is 367 g/mol. The van der Waals surface area contributed by atoms with Crippen molar-refractivity contribution < 1.29 is 14.5 Å². The number of aliphatic imine (C=N–C) groups is 1. The van der Waals surface area contributed by atoms with Gasteiger partial charge in [-0.3, -0.25) is 15.1 Å². The molecule has 27 heavy (non-hydrogen) atoms. The first-order valence-electron chi connectivity index (χ1n) is 8.80. The standard InChI is InChI=1S/C20H21N3O4/c1-27-20(24)18-4-2-3-16(19(18)23(25)26)13-22-17-7-5-14(6-8-17)15-9-11-21-12-10-15/h2-8,13,15,21H,9-12H2,1H3. The van der Waals surface area contributed by atoms with Crippen LogP contribution in [0.25, 0.3) is 0 Å². The molecule has 0 spiro atoms. The van der Waals surface area contributed by atoms with Crippen LogP contribution in [0.3, 0.4) is 0 Å². The third kappa shape index (κ3) is 4.38. The largest absolute Gasteiger partial charge is 0.465 e. The van der Waals surface area contributed by atoms with Crippen LogP contribution in [0, 0.1) is 10.1 Å². The molecule has 0 bridgehead atoms. The van der Waals surface area contributed by atoms with E-state index in [1.165, 1.54) is 25.0 Å². The molecule has 2 aromatic carbocycles. The van der Waals surface area contributed by atoms with Gasteiger partial charge in [-0.2, -0.15) is 0 Å². The van der Waals surface area contributed by atoms with E-state index in [1.54, 1.807) is 12.1 Å². The number of para-hydroxylation sites is 1. The van der Waals surface area contributed by atoms with Crippen LogP contribution < -0.4 is 5.32 Å². The number of carbonyl (C=O) groups excluding carboxylic acids is 1. The first kappa shape index (κ1) is 18.7. The van der Waals surface area contributed by atoms with Crippen molar-refractivity contribution in [2.45, 2.75) is 18.8 Å². The fourth-order valence-corrected chi connectivity index (χ4v) is 3.28. The van der Waals surface area contributed by atoms with E-state index in [4.69, 9.17) is 0 Å². The van der Waals surface area contributed by atoms with Crippen LogP contribution in [-0.4, -0.2) is 37.3 Å². The number of ether oxygens (including phenoxy) is 1. The molecular weight excluding hydrogens is 346 g/mol. The lowest BCUT2D eigenvalue weighted by molar-refractivity contribution is -0.385. The molecule has 140 valence electrons. The number of benzene rings is 2. The Balaban J connectivity index is 1.83. The zero-order valence-electron chi connectivity index (χ0n) is 15.1. The Kier molecular flexibility index (Phi) is 5.93. The lowest BCUT2D eigenvalue weighted by atomic mass is 9.90. The number of piperidine rings is 1. The summed E-state index contributed by atoms with van der Waals surface area (Å²) in [5.74, 6) is -0.189. The molecule has 0 unspecified atom stereocenters. The SMILES string of the molecule is COC(=O)c1cccc(C=Nc2ccc(C3CCNCC3)cc2)c1[N+](=O)[O-]. The van der Waals surface area contributed by atoms with Gasteiger partial charge in [0, 0.05) is 6.21 Å². The van der Waals surface area contributed by atoms with Gasteiger partial charge in [-0.15, -0.1) is 0 Å². The molecular formula is C20H21N3O4. The molecule has 1 saturated heterocycles.